The van der Waals surface area contributed by atoms with Crippen LogP contribution in [-0.4, -0.2) is 12.8 Å². The maximum atomic E-state index is 5.67. The molecule has 15 heavy (non-hydrogen) atoms. The average molecular weight is 225 g/mol. The first-order chi connectivity index (χ1) is 7.29. The van der Waals surface area contributed by atoms with Gasteiger partial charge in [0.05, 0.1) is 12.3 Å². The molecule has 1 N–H and O–H groups in total. The number of hydrogen-bond donors (Lipinski definition) is 1. The molecule has 0 radical (unpaired) electrons. The van der Waals surface area contributed by atoms with E-state index in [2.05, 4.69) is 30.6 Å². The Morgan fingerprint density at radius 1 is 1.47 bits per heavy atom. The Kier molecular flexibility index (Phi) is 3.76. The fourth-order valence-corrected chi connectivity index (χ4v) is 2.24. The van der Waals surface area contributed by atoms with E-state index in [1.807, 2.05) is 0 Å². The highest BCUT2D eigenvalue weighted by Gasteiger charge is 2.31. The molecule has 2 rings (SSSR count). The normalized spacial score (nSPS) is 24.4. The Hall–Kier alpha value is -0.410. The van der Waals surface area contributed by atoms with Crippen LogP contribution in [0.2, 0.25) is 0 Å². The number of hydrogen-bond acceptors (Lipinski definition) is 3. The Morgan fingerprint density at radius 3 is 2.87 bits per heavy atom. The van der Waals surface area contributed by atoms with E-state index in [0.717, 1.165) is 42.2 Å². The van der Waals surface area contributed by atoms with Gasteiger partial charge in [0.2, 0.25) is 0 Å². The van der Waals surface area contributed by atoms with E-state index in [0.29, 0.717) is 0 Å². The molecule has 2 nitrogen and oxygen atoms in total. The van der Waals surface area contributed by atoms with Gasteiger partial charge in [-0.25, -0.2) is 0 Å². The van der Waals surface area contributed by atoms with E-state index in [1.165, 1.54) is 6.42 Å². The standard InChI is InChI=1S/C12H19NOS/c1-9-5-10(9)6-13-7-11-3-4-12(14-11)8-15-2/h3-4,9-10,13H,5-8H2,1-2H3. The van der Waals surface area contributed by atoms with Crippen LogP contribution in [0.4, 0.5) is 0 Å². The van der Waals surface area contributed by atoms with Crippen LogP contribution in [0, 0.1) is 11.8 Å². The zero-order valence-electron chi connectivity index (χ0n) is 9.45. The predicted octanol–water partition coefficient (Wildman–Crippen LogP) is 2.89. The van der Waals surface area contributed by atoms with Crippen molar-refractivity contribution in [2.45, 2.75) is 25.6 Å². The van der Waals surface area contributed by atoms with Crippen molar-refractivity contribution in [3.63, 3.8) is 0 Å². The van der Waals surface area contributed by atoms with Gasteiger partial charge in [0, 0.05) is 0 Å². The molecule has 0 spiro atoms. The minimum absolute atomic E-state index is 0.873. The number of thioether (sulfide) groups is 1. The zero-order valence-corrected chi connectivity index (χ0v) is 10.3. The summed E-state index contributed by atoms with van der Waals surface area (Å²) in [6, 6.07) is 4.15. The summed E-state index contributed by atoms with van der Waals surface area (Å²) in [5.41, 5.74) is 0. The molecule has 3 heteroatoms. The lowest BCUT2D eigenvalue weighted by molar-refractivity contribution is 0.454. The van der Waals surface area contributed by atoms with Gasteiger partial charge in [-0.3, -0.25) is 0 Å². The summed E-state index contributed by atoms with van der Waals surface area (Å²) < 4.78 is 5.67. The zero-order chi connectivity index (χ0) is 10.7. The highest BCUT2D eigenvalue weighted by molar-refractivity contribution is 7.97. The first-order valence-corrected chi connectivity index (χ1v) is 6.96. The van der Waals surface area contributed by atoms with Crippen LogP contribution >= 0.6 is 11.8 Å². The van der Waals surface area contributed by atoms with Crippen molar-refractivity contribution in [1.29, 1.82) is 0 Å². The van der Waals surface area contributed by atoms with Crippen molar-refractivity contribution in [3.8, 4) is 0 Å². The molecule has 1 aliphatic rings. The van der Waals surface area contributed by atoms with E-state index in [4.69, 9.17) is 4.42 Å². The third kappa shape index (κ3) is 3.28. The van der Waals surface area contributed by atoms with E-state index in [1.54, 1.807) is 11.8 Å². The van der Waals surface area contributed by atoms with Crippen LogP contribution in [0.15, 0.2) is 16.5 Å². The van der Waals surface area contributed by atoms with Crippen LogP contribution in [0.5, 0.6) is 0 Å². The van der Waals surface area contributed by atoms with Crippen LogP contribution in [0.3, 0.4) is 0 Å². The van der Waals surface area contributed by atoms with Gasteiger partial charge in [-0.05, 0) is 43.2 Å². The van der Waals surface area contributed by atoms with Crippen molar-refractivity contribution in [3.05, 3.63) is 23.7 Å². The highest BCUT2D eigenvalue weighted by atomic mass is 32.2. The van der Waals surface area contributed by atoms with Crippen molar-refractivity contribution < 1.29 is 4.42 Å². The monoisotopic (exact) mass is 225 g/mol. The Labute approximate surface area is 95.8 Å². The van der Waals surface area contributed by atoms with Gasteiger partial charge in [0.1, 0.15) is 11.5 Å². The fraction of sp³-hybridized carbons (Fsp3) is 0.667. The predicted molar refractivity (Wildman–Crippen MR) is 64.9 cm³/mol. The number of nitrogens with one attached hydrogen (secondary N) is 1. The quantitative estimate of drug-likeness (QED) is 0.806. The molecule has 0 saturated heterocycles. The third-order valence-corrected chi connectivity index (χ3v) is 3.56. The van der Waals surface area contributed by atoms with Gasteiger partial charge in [-0.2, -0.15) is 11.8 Å². The van der Waals surface area contributed by atoms with Gasteiger partial charge in [0.15, 0.2) is 0 Å². The summed E-state index contributed by atoms with van der Waals surface area (Å²) in [4.78, 5) is 0. The summed E-state index contributed by atoms with van der Waals surface area (Å²) in [5.74, 6) is 4.96. The number of rotatable bonds is 6. The molecule has 84 valence electrons. The lowest BCUT2D eigenvalue weighted by Crippen LogP contribution is -2.16. The first-order valence-electron chi connectivity index (χ1n) is 5.57. The molecule has 1 aromatic heterocycles. The topological polar surface area (TPSA) is 25.2 Å². The molecular weight excluding hydrogens is 206 g/mol. The molecule has 1 heterocycles. The SMILES string of the molecule is CSCc1ccc(CNCC2CC2C)o1. The van der Waals surface area contributed by atoms with Crippen LogP contribution < -0.4 is 5.32 Å². The van der Waals surface area contributed by atoms with E-state index in [9.17, 15) is 0 Å². The van der Waals surface area contributed by atoms with Gasteiger partial charge in [-0.15, -0.1) is 0 Å². The second-order valence-corrected chi connectivity index (χ2v) is 5.27. The minimum Gasteiger partial charge on any atom is -0.464 e. The molecule has 2 unspecified atom stereocenters. The van der Waals surface area contributed by atoms with Crippen molar-refractivity contribution in [1.82, 2.24) is 5.32 Å². The fourth-order valence-electron chi connectivity index (χ4n) is 1.80. The Balaban J connectivity index is 1.68. The summed E-state index contributed by atoms with van der Waals surface area (Å²) in [6.07, 6.45) is 3.48. The molecule has 0 aliphatic heterocycles. The highest BCUT2D eigenvalue weighted by Crippen LogP contribution is 2.36. The third-order valence-electron chi connectivity index (χ3n) is 2.99. The first kappa shape index (κ1) is 11.1. The van der Waals surface area contributed by atoms with Gasteiger partial charge in [-0.1, -0.05) is 6.92 Å². The second kappa shape index (κ2) is 5.08. The number of furan rings is 1. The van der Waals surface area contributed by atoms with Crippen LogP contribution in [-0.2, 0) is 12.3 Å². The molecule has 0 aromatic carbocycles. The van der Waals surface area contributed by atoms with Gasteiger partial charge >= 0.3 is 0 Å². The molecule has 1 saturated carbocycles. The Morgan fingerprint density at radius 2 is 2.20 bits per heavy atom. The van der Waals surface area contributed by atoms with Crippen molar-refractivity contribution >= 4 is 11.8 Å². The molecular formula is C12H19NOS. The molecule has 2 atom stereocenters. The molecule has 1 fully saturated rings. The smallest absolute Gasteiger partial charge is 0.117 e. The summed E-state index contributed by atoms with van der Waals surface area (Å²) in [7, 11) is 0. The summed E-state index contributed by atoms with van der Waals surface area (Å²) in [5, 5.41) is 3.45. The van der Waals surface area contributed by atoms with Gasteiger partial charge in [0.25, 0.3) is 0 Å². The van der Waals surface area contributed by atoms with E-state index >= 15 is 0 Å². The van der Waals surface area contributed by atoms with Gasteiger partial charge < -0.3 is 9.73 Å². The molecule has 0 bridgehead atoms. The molecule has 1 aliphatic carbocycles. The maximum Gasteiger partial charge on any atom is 0.117 e. The average Bonchev–Trinajstić information content (AvgIpc) is 2.74. The molecule has 1 aromatic rings. The second-order valence-electron chi connectivity index (χ2n) is 4.41. The lowest BCUT2D eigenvalue weighted by Gasteiger charge is -2.00. The minimum atomic E-state index is 0.873. The summed E-state index contributed by atoms with van der Waals surface area (Å²) >= 11 is 1.79. The van der Waals surface area contributed by atoms with Crippen molar-refractivity contribution in [2.75, 3.05) is 12.8 Å². The molecule has 0 amide bonds. The largest absolute Gasteiger partial charge is 0.464 e. The van der Waals surface area contributed by atoms with Crippen LogP contribution in [0.1, 0.15) is 24.9 Å². The van der Waals surface area contributed by atoms with Crippen LogP contribution in [0.25, 0.3) is 0 Å². The Bertz CT molecular complexity index is 310. The van der Waals surface area contributed by atoms with E-state index in [-0.39, 0.29) is 0 Å². The maximum absolute atomic E-state index is 5.67. The summed E-state index contributed by atoms with van der Waals surface area (Å²) in [6.45, 7) is 4.33. The lowest BCUT2D eigenvalue weighted by atomic mass is 10.3. The van der Waals surface area contributed by atoms with E-state index < -0.39 is 0 Å². The van der Waals surface area contributed by atoms with Crippen molar-refractivity contribution in [2.24, 2.45) is 11.8 Å².